The molecule has 11 amide bonds. The molecule has 2 heterocycles. The minimum Gasteiger partial charge on any atom is -0.508 e. The Kier molecular flexibility index (Phi) is 30.5. The summed E-state index contributed by atoms with van der Waals surface area (Å²) in [4.78, 5) is 160. The van der Waals surface area contributed by atoms with Gasteiger partial charge in [-0.1, -0.05) is 110 Å². The molecule has 7 rings (SSSR count). The summed E-state index contributed by atoms with van der Waals surface area (Å²) in [5.74, 6) is -10.3. The van der Waals surface area contributed by atoms with Crippen LogP contribution in [0.1, 0.15) is 94.9 Å². The average molecular weight is 1470 g/mol. The molecule has 0 aliphatic carbocycles. The van der Waals surface area contributed by atoms with Gasteiger partial charge in [0.1, 0.15) is 60.1 Å². The second-order valence-corrected chi connectivity index (χ2v) is 26.8. The van der Waals surface area contributed by atoms with Crippen LogP contribution in [-0.4, -0.2) is 184 Å². The Bertz CT molecular complexity index is 4080. The first-order valence-electron chi connectivity index (χ1n) is 34.7. The van der Waals surface area contributed by atoms with Gasteiger partial charge in [-0.2, -0.15) is 0 Å². The smallest absolute Gasteiger partial charge is 0.249 e. The summed E-state index contributed by atoms with van der Waals surface area (Å²) < 4.78 is 0. The number of aliphatic hydroxyl groups excluding tert-OH is 1. The fraction of sp³-hybridized carbons (Fsp3) is 0.411. The Morgan fingerprint density at radius 1 is 0.562 bits per heavy atom. The molecule has 1 saturated heterocycles. The number of aromatic amines is 1. The Morgan fingerprint density at radius 3 is 1.72 bits per heavy atom. The molecule has 10 atom stereocenters. The molecule has 1 aromatic heterocycles. The van der Waals surface area contributed by atoms with Gasteiger partial charge in [0, 0.05) is 67.9 Å². The number of guanidine groups is 2. The van der Waals surface area contributed by atoms with E-state index in [1.165, 1.54) is 43.0 Å². The van der Waals surface area contributed by atoms with Crippen LogP contribution in [0, 0.1) is 16.7 Å². The van der Waals surface area contributed by atoms with Gasteiger partial charge in [-0.05, 0) is 128 Å². The highest BCUT2D eigenvalue weighted by Crippen LogP contribution is 2.24. The third kappa shape index (κ3) is 24.8. The molecule has 0 saturated carbocycles. The second-order valence-electron chi connectivity index (χ2n) is 26.4. The van der Waals surface area contributed by atoms with Gasteiger partial charge in [0.15, 0.2) is 11.9 Å². The molecule has 105 heavy (non-hydrogen) atoms. The van der Waals surface area contributed by atoms with Gasteiger partial charge < -0.3 is 90.5 Å². The second kappa shape index (κ2) is 39.5. The number of likely N-dealkylation sites (tertiary alicyclic amines) is 1. The summed E-state index contributed by atoms with van der Waals surface area (Å²) >= 11 is 6.08. The molecule has 6 aromatic rings. The molecule has 0 bridgehead atoms. The van der Waals surface area contributed by atoms with Crippen molar-refractivity contribution >= 4 is 110 Å². The van der Waals surface area contributed by atoms with E-state index >= 15 is 0 Å². The third-order valence-corrected chi connectivity index (χ3v) is 17.9. The summed E-state index contributed by atoms with van der Waals surface area (Å²) in [7, 11) is 0. The van der Waals surface area contributed by atoms with Crippen LogP contribution < -0.4 is 75.7 Å². The van der Waals surface area contributed by atoms with Crippen molar-refractivity contribution in [3.8, 4) is 5.75 Å². The molecule has 5 aromatic carbocycles. The monoisotopic (exact) mass is 1470 g/mol. The fourth-order valence-electron chi connectivity index (χ4n) is 12.2. The maximum Gasteiger partial charge on any atom is 0.249 e. The van der Waals surface area contributed by atoms with Crippen LogP contribution in [0.3, 0.4) is 0 Å². The summed E-state index contributed by atoms with van der Waals surface area (Å²) in [5.41, 5.74) is 20.7. The molecule has 32 heteroatoms. The molecule has 1 aliphatic rings. The number of nitrogens with zero attached hydrogens (tertiary/aromatic N) is 1. The predicted octanol–water partition coefficient (Wildman–Crippen LogP) is 0.395. The van der Waals surface area contributed by atoms with E-state index in [1.807, 2.05) is 54.6 Å². The van der Waals surface area contributed by atoms with Crippen molar-refractivity contribution in [1.82, 2.24) is 68.4 Å². The van der Waals surface area contributed by atoms with Crippen LogP contribution in [0.5, 0.6) is 5.75 Å². The van der Waals surface area contributed by atoms with Crippen LogP contribution in [0.2, 0.25) is 5.02 Å². The number of phenolic OH excluding ortho intramolecular Hbond substituents is 1. The number of rotatable bonds is 37. The molecule has 22 N–H and O–H groups in total. The number of nitrogens with one attached hydrogen (secondary N) is 14. The number of hydrogen-bond donors (Lipinski definition) is 19. The summed E-state index contributed by atoms with van der Waals surface area (Å²) in [5, 5.41) is 68.2. The van der Waals surface area contributed by atoms with Gasteiger partial charge >= 0.3 is 0 Å². The molecule has 10 unspecified atom stereocenters. The van der Waals surface area contributed by atoms with Crippen molar-refractivity contribution in [2.45, 2.75) is 159 Å². The zero-order valence-corrected chi connectivity index (χ0v) is 59.7. The third-order valence-electron chi connectivity index (χ3n) is 17.7. The fourth-order valence-corrected chi connectivity index (χ4v) is 12.4. The number of para-hydroxylation sites is 1. The van der Waals surface area contributed by atoms with Crippen molar-refractivity contribution < 1.29 is 63.0 Å². The number of aromatic nitrogens is 1. The average Bonchev–Trinajstić information content (AvgIpc) is 1.75. The Labute approximate surface area is 612 Å². The number of imide groups is 1. The van der Waals surface area contributed by atoms with E-state index in [1.54, 1.807) is 56.4 Å². The number of hydrogen-bond acceptors (Lipinski definition) is 16. The SMILES string of the molecule is CC(=O)NC(Cc1cccc2ccccc12)C(=O)NC(=O)C(C)NC(=O)C1CCCN1C(=O)C(CCCNC(=N)N)NC(=O)C(CC(C)C)NC(=O)C(CCCNC(=N)N)NC(=O)C(Cc1ccc(O)cc1)NC(=O)C(CO)NC(=O)C(Cc1c[nH]c2ccccc12)NC(=O)C(N)Cc1ccc(Cl)cc1. The quantitative estimate of drug-likeness (QED) is 0.0143. The van der Waals surface area contributed by atoms with Gasteiger partial charge in [0.2, 0.25) is 65.0 Å². The lowest BCUT2D eigenvalue weighted by molar-refractivity contribution is -0.143. The minimum absolute atomic E-state index is 0.0286. The zero-order chi connectivity index (χ0) is 76.4. The van der Waals surface area contributed by atoms with E-state index < -0.39 is 138 Å². The number of phenols is 1. The molecule has 1 aliphatic heterocycles. The molecule has 562 valence electrons. The lowest BCUT2D eigenvalue weighted by Gasteiger charge is -2.31. The topological polar surface area (TPSA) is 505 Å². The predicted molar refractivity (Wildman–Crippen MR) is 394 cm³/mol. The van der Waals surface area contributed by atoms with Gasteiger partial charge in [-0.15, -0.1) is 0 Å². The minimum atomic E-state index is -1.76. The van der Waals surface area contributed by atoms with Crippen molar-refractivity contribution in [2.24, 2.45) is 23.1 Å². The first-order valence-corrected chi connectivity index (χ1v) is 35.1. The molecule has 1 fully saturated rings. The number of H-pyrrole nitrogens is 1. The maximum absolute atomic E-state index is 14.9. The highest BCUT2D eigenvalue weighted by Gasteiger charge is 2.41. The van der Waals surface area contributed by atoms with Crippen molar-refractivity contribution in [1.29, 1.82) is 10.8 Å². The van der Waals surface area contributed by atoms with Crippen molar-refractivity contribution in [3.05, 3.63) is 149 Å². The lowest BCUT2D eigenvalue weighted by Crippen LogP contribution is -2.61. The van der Waals surface area contributed by atoms with Crippen LogP contribution in [0.25, 0.3) is 21.7 Å². The summed E-state index contributed by atoms with van der Waals surface area (Å²) in [6, 6.07) is 18.7. The van der Waals surface area contributed by atoms with E-state index in [9.17, 15) is 63.0 Å². The van der Waals surface area contributed by atoms with Crippen molar-refractivity contribution in [3.63, 3.8) is 0 Å². The Balaban J connectivity index is 1.07. The number of nitrogens with two attached hydrogens (primary N) is 3. The highest BCUT2D eigenvalue weighted by molar-refractivity contribution is 6.30. The van der Waals surface area contributed by atoms with Gasteiger partial charge in [-0.3, -0.25) is 68.9 Å². The van der Waals surface area contributed by atoms with E-state index in [-0.39, 0.29) is 101 Å². The highest BCUT2D eigenvalue weighted by atomic mass is 35.5. The molecule has 0 spiro atoms. The number of fused-ring (bicyclic) bond motifs is 2. The van der Waals surface area contributed by atoms with E-state index in [0.29, 0.717) is 28.1 Å². The van der Waals surface area contributed by atoms with Crippen LogP contribution in [-0.2, 0) is 78.4 Å². The van der Waals surface area contributed by atoms with Crippen molar-refractivity contribution in [2.75, 3.05) is 26.2 Å². The number of aliphatic hydroxyl groups is 1. The van der Waals surface area contributed by atoms with Crippen LogP contribution >= 0.6 is 11.6 Å². The largest absolute Gasteiger partial charge is 0.508 e. The van der Waals surface area contributed by atoms with Gasteiger partial charge in [0.25, 0.3) is 0 Å². The van der Waals surface area contributed by atoms with E-state index in [0.717, 1.165) is 27.2 Å². The molecular formula is C73H95ClN18O13. The number of carbonyl (C=O) groups is 11. The first kappa shape index (κ1) is 81.1. The number of amides is 11. The Morgan fingerprint density at radius 2 is 1.08 bits per heavy atom. The van der Waals surface area contributed by atoms with Crippen LogP contribution in [0.15, 0.2) is 121 Å². The maximum atomic E-state index is 14.9. The molecule has 31 nitrogen and oxygen atoms in total. The lowest BCUT2D eigenvalue weighted by atomic mass is 9.98. The number of carbonyl (C=O) groups excluding carboxylic acids is 11. The number of aromatic hydroxyl groups is 1. The Hall–Kier alpha value is -11.2. The normalized spacial score (nSPS) is 15.2. The van der Waals surface area contributed by atoms with Gasteiger partial charge in [0.05, 0.1) is 12.6 Å². The number of benzene rings is 5. The zero-order valence-electron chi connectivity index (χ0n) is 58.9. The van der Waals surface area contributed by atoms with E-state index in [2.05, 4.69) is 63.5 Å². The molecule has 0 radical (unpaired) electrons. The van der Waals surface area contributed by atoms with E-state index in [4.69, 9.17) is 39.6 Å². The summed E-state index contributed by atoms with van der Waals surface area (Å²) in [6.45, 7) is 5.27. The standard InChI is InChI=1S/C73H95ClN18O13/c1-40(2)33-56(65(99)86-55(20-11-31-81-73(78)79)71(105)92-32-12-21-61(92)70(104)83-41(3)62(96)91-68(102)58(84-42(4)94)36-46-15-9-14-45-13-5-6-16-50(45)46)88-64(98)54(19-10-30-80-72(76)77)85-66(100)57(35-44-24-28-49(95)29-25-44)89-69(103)60(39-93)90-67(101)59(37-47-38-82-53-18-8-7-17-51(47)53)87-63(97)52(75)34-43-22-26-48(74)27-23-43/h5-9,13-18,22-29,38,40-41,52,54-61,82,93,95H,10-12,19-21,30-37,39,75H2,1-4H3,(H,83,104)(H,84,94)(H,85,100)(H,86,99)(H,87,97)(H,88,98)(H,89,103)(H,90,101)(H4,76,77,80)(H4,78,79,81)(H,91,96,102). The summed E-state index contributed by atoms with van der Waals surface area (Å²) in [6.07, 6.45) is 1.79. The number of halogens is 1. The first-order chi connectivity index (χ1) is 50.1. The van der Waals surface area contributed by atoms with Gasteiger partial charge in [-0.25, -0.2) is 0 Å². The van der Waals surface area contributed by atoms with Crippen LogP contribution in [0.4, 0.5) is 0 Å². The molecular weight excluding hydrogens is 1370 g/mol.